The summed E-state index contributed by atoms with van der Waals surface area (Å²) < 4.78 is 13.1. The number of benzene rings is 1. The van der Waals surface area contributed by atoms with Crippen LogP contribution in [0.1, 0.15) is 62.4 Å². The minimum absolute atomic E-state index is 0.0171. The van der Waals surface area contributed by atoms with Gasteiger partial charge in [0.05, 0.1) is 20.3 Å². The lowest BCUT2D eigenvalue weighted by Gasteiger charge is -2.28. The molecule has 0 amide bonds. The molecule has 1 aliphatic rings. The maximum Gasteiger partial charge on any atom is 0.130 e. The normalized spacial score (nSPS) is 17.3. The molecular formula is C21H31N3O2. The molecular weight excluding hydrogens is 326 g/mol. The van der Waals surface area contributed by atoms with Gasteiger partial charge in [0, 0.05) is 31.5 Å². The van der Waals surface area contributed by atoms with Crippen molar-refractivity contribution in [1.82, 2.24) is 14.9 Å². The lowest BCUT2D eigenvalue weighted by molar-refractivity contribution is 0.360. The van der Waals surface area contributed by atoms with Crippen LogP contribution in [0, 0.1) is 0 Å². The molecule has 0 spiro atoms. The van der Waals surface area contributed by atoms with Gasteiger partial charge >= 0.3 is 0 Å². The Balaban J connectivity index is 1.92. The molecule has 0 aliphatic heterocycles. The Kier molecular flexibility index (Phi) is 6.56. The van der Waals surface area contributed by atoms with E-state index in [1.54, 1.807) is 14.2 Å². The van der Waals surface area contributed by atoms with Crippen LogP contribution in [0.15, 0.2) is 30.6 Å². The molecule has 1 fully saturated rings. The van der Waals surface area contributed by atoms with Crippen LogP contribution in [0.3, 0.4) is 0 Å². The third kappa shape index (κ3) is 4.58. The van der Waals surface area contributed by atoms with Crippen LogP contribution < -0.4 is 14.8 Å². The average molecular weight is 357 g/mol. The number of aromatic nitrogens is 2. The standard InChI is InChI=1S/C21H31N3O2/c1-24-12-11-22-21(24)20(23-17-9-7-5-4-6-8-10-17)16-13-18(25-2)15-19(14-16)26-3/h11-15,17,20,23H,4-10H2,1-3H3. The Morgan fingerprint density at radius 3 is 2.15 bits per heavy atom. The van der Waals surface area contributed by atoms with Crippen molar-refractivity contribution in [3.8, 4) is 11.5 Å². The number of methoxy groups -OCH3 is 2. The van der Waals surface area contributed by atoms with Crippen molar-refractivity contribution >= 4 is 0 Å². The number of hydrogen-bond donors (Lipinski definition) is 1. The number of hydrogen-bond acceptors (Lipinski definition) is 4. The largest absolute Gasteiger partial charge is 0.497 e. The van der Waals surface area contributed by atoms with Crippen molar-refractivity contribution in [3.63, 3.8) is 0 Å². The molecule has 26 heavy (non-hydrogen) atoms. The van der Waals surface area contributed by atoms with Crippen LogP contribution >= 0.6 is 0 Å². The Bertz CT molecular complexity index is 668. The van der Waals surface area contributed by atoms with Gasteiger partial charge in [-0.1, -0.05) is 32.1 Å². The Hall–Kier alpha value is -2.01. The highest BCUT2D eigenvalue weighted by Crippen LogP contribution is 2.31. The molecule has 1 unspecified atom stereocenters. The summed E-state index contributed by atoms with van der Waals surface area (Å²) >= 11 is 0. The van der Waals surface area contributed by atoms with Crippen LogP contribution in [0.5, 0.6) is 11.5 Å². The lowest BCUT2D eigenvalue weighted by Crippen LogP contribution is -2.35. The van der Waals surface area contributed by atoms with Crippen LogP contribution in [0.4, 0.5) is 0 Å². The summed E-state index contributed by atoms with van der Waals surface area (Å²) in [4.78, 5) is 4.63. The third-order valence-corrected chi connectivity index (χ3v) is 5.33. The van der Waals surface area contributed by atoms with E-state index in [9.17, 15) is 0 Å². The summed E-state index contributed by atoms with van der Waals surface area (Å²) in [5.41, 5.74) is 1.12. The maximum atomic E-state index is 5.49. The van der Waals surface area contributed by atoms with Crippen molar-refractivity contribution in [2.75, 3.05) is 14.2 Å². The number of imidazole rings is 1. The van der Waals surface area contributed by atoms with E-state index in [-0.39, 0.29) is 6.04 Å². The van der Waals surface area contributed by atoms with Gasteiger partial charge in [-0.05, 0) is 30.5 Å². The SMILES string of the molecule is COc1cc(OC)cc(C(NC2CCCCCCC2)c2nccn2C)c1. The summed E-state index contributed by atoms with van der Waals surface area (Å²) in [6, 6.07) is 6.60. The van der Waals surface area contributed by atoms with Crippen molar-refractivity contribution in [3.05, 3.63) is 42.0 Å². The molecule has 142 valence electrons. The molecule has 1 heterocycles. The second-order valence-electron chi connectivity index (χ2n) is 7.18. The first kappa shape index (κ1) is 18.8. The second kappa shape index (κ2) is 9.08. The number of nitrogens with one attached hydrogen (secondary N) is 1. The highest BCUT2D eigenvalue weighted by atomic mass is 16.5. The Morgan fingerprint density at radius 2 is 1.62 bits per heavy atom. The summed E-state index contributed by atoms with van der Waals surface area (Å²) in [5.74, 6) is 2.62. The number of aryl methyl sites for hydroxylation is 1. The van der Waals surface area contributed by atoms with Gasteiger partial charge in [-0.15, -0.1) is 0 Å². The number of ether oxygens (including phenoxy) is 2. The molecule has 0 bridgehead atoms. The van der Waals surface area contributed by atoms with Gasteiger partial charge in [-0.3, -0.25) is 0 Å². The van der Waals surface area contributed by atoms with Gasteiger partial charge in [0.1, 0.15) is 17.3 Å². The first-order valence-corrected chi connectivity index (χ1v) is 9.67. The van der Waals surface area contributed by atoms with Gasteiger partial charge in [0.15, 0.2) is 0 Å². The fraction of sp³-hybridized carbons (Fsp3) is 0.571. The number of rotatable bonds is 6. The minimum Gasteiger partial charge on any atom is -0.497 e. The molecule has 3 rings (SSSR count). The average Bonchev–Trinajstić information content (AvgIpc) is 3.06. The first-order valence-electron chi connectivity index (χ1n) is 9.67. The summed E-state index contributed by atoms with van der Waals surface area (Å²) in [7, 11) is 5.43. The highest BCUT2D eigenvalue weighted by molar-refractivity contribution is 5.41. The maximum absolute atomic E-state index is 5.49. The molecule has 0 saturated heterocycles. The molecule has 1 aromatic heterocycles. The van der Waals surface area contributed by atoms with E-state index in [2.05, 4.69) is 27.0 Å². The van der Waals surface area contributed by atoms with E-state index in [1.807, 2.05) is 25.5 Å². The van der Waals surface area contributed by atoms with Crippen molar-refractivity contribution in [2.45, 2.75) is 57.0 Å². The molecule has 1 aromatic carbocycles. The molecule has 5 nitrogen and oxygen atoms in total. The Morgan fingerprint density at radius 1 is 1.00 bits per heavy atom. The van der Waals surface area contributed by atoms with Crippen molar-refractivity contribution in [2.24, 2.45) is 7.05 Å². The molecule has 1 aliphatic carbocycles. The van der Waals surface area contributed by atoms with Crippen LogP contribution in [-0.2, 0) is 7.05 Å². The van der Waals surface area contributed by atoms with E-state index in [1.165, 1.54) is 44.9 Å². The van der Waals surface area contributed by atoms with Gasteiger partial charge in [0.25, 0.3) is 0 Å². The van der Waals surface area contributed by atoms with Crippen LogP contribution in [-0.4, -0.2) is 29.8 Å². The predicted molar refractivity (Wildman–Crippen MR) is 104 cm³/mol. The monoisotopic (exact) mass is 357 g/mol. The third-order valence-electron chi connectivity index (χ3n) is 5.33. The fourth-order valence-corrected chi connectivity index (χ4v) is 3.83. The zero-order valence-corrected chi connectivity index (χ0v) is 16.2. The molecule has 1 atom stereocenters. The van der Waals surface area contributed by atoms with Crippen molar-refractivity contribution in [1.29, 1.82) is 0 Å². The molecule has 1 N–H and O–H groups in total. The molecule has 5 heteroatoms. The van der Waals surface area contributed by atoms with Crippen molar-refractivity contribution < 1.29 is 9.47 Å². The van der Waals surface area contributed by atoms with E-state index in [0.717, 1.165) is 22.9 Å². The van der Waals surface area contributed by atoms with E-state index in [4.69, 9.17) is 9.47 Å². The van der Waals surface area contributed by atoms with Gasteiger partial charge in [-0.2, -0.15) is 0 Å². The quantitative estimate of drug-likeness (QED) is 0.840. The molecule has 0 radical (unpaired) electrons. The second-order valence-corrected chi connectivity index (χ2v) is 7.18. The topological polar surface area (TPSA) is 48.3 Å². The fourth-order valence-electron chi connectivity index (χ4n) is 3.83. The van der Waals surface area contributed by atoms with Gasteiger partial charge in [-0.25, -0.2) is 4.98 Å². The van der Waals surface area contributed by atoms with E-state index < -0.39 is 0 Å². The zero-order valence-electron chi connectivity index (χ0n) is 16.2. The molecule has 2 aromatic rings. The van der Waals surface area contributed by atoms with Gasteiger partial charge < -0.3 is 19.4 Å². The zero-order chi connectivity index (χ0) is 18.4. The summed E-state index contributed by atoms with van der Waals surface area (Å²) in [6.45, 7) is 0. The lowest BCUT2D eigenvalue weighted by atomic mass is 9.95. The number of nitrogens with zero attached hydrogens (tertiary/aromatic N) is 2. The smallest absolute Gasteiger partial charge is 0.130 e. The van der Waals surface area contributed by atoms with Crippen LogP contribution in [0.25, 0.3) is 0 Å². The highest BCUT2D eigenvalue weighted by Gasteiger charge is 2.23. The summed E-state index contributed by atoms with van der Waals surface area (Å²) in [6.07, 6.45) is 13.0. The minimum atomic E-state index is 0.0171. The van der Waals surface area contributed by atoms with Gasteiger partial charge in [0.2, 0.25) is 0 Å². The predicted octanol–water partition coefficient (Wildman–Crippen LogP) is 4.23. The first-order chi connectivity index (χ1) is 12.7. The van der Waals surface area contributed by atoms with E-state index >= 15 is 0 Å². The van der Waals surface area contributed by atoms with Crippen LogP contribution in [0.2, 0.25) is 0 Å². The summed E-state index contributed by atoms with van der Waals surface area (Å²) in [5, 5.41) is 3.89. The molecule has 1 saturated carbocycles. The Labute approximate surface area is 156 Å². The van der Waals surface area contributed by atoms with E-state index in [0.29, 0.717) is 6.04 Å².